The number of halogens is 1. The molecule has 1 aromatic carbocycles. The van der Waals surface area contributed by atoms with Gasteiger partial charge in [-0.3, -0.25) is 0 Å². The van der Waals surface area contributed by atoms with E-state index in [0.717, 1.165) is 30.0 Å². The standard InChI is InChI=1S/C14H17ClN2O/c1-3-5-11-10-14(15)17(16-11)12-6-8-13(9-7-12)18-4-2/h6-10H,3-5H2,1-2H3. The summed E-state index contributed by atoms with van der Waals surface area (Å²) in [6, 6.07) is 9.69. The van der Waals surface area contributed by atoms with Crippen molar-refractivity contribution in [2.45, 2.75) is 26.7 Å². The highest BCUT2D eigenvalue weighted by molar-refractivity contribution is 6.29. The average molecular weight is 265 g/mol. The highest BCUT2D eigenvalue weighted by Gasteiger charge is 2.07. The Bertz CT molecular complexity index is 505. The van der Waals surface area contributed by atoms with Gasteiger partial charge < -0.3 is 4.74 Å². The number of hydrogen-bond donors (Lipinski definition) is 0. The molecular weight excluding hydrogens is 248 g/mol. The topological polar surface area (TPSA) is 27.1 Å². The van der Waals surface area contributed by atoms with Crippen molar-refractivity contribution in [3.05, 3.63) is 41.2 Å². The van der Waals surface area contributed by atoms with Crippen molar-refractivity contribution in [3.8, 4) is 11.4 Å². The Kier molecular flexibility index (Phi) is 4.26. The monoisotopic (exact) mass is 264 g/mol. The first-order valence-electron chi connectivity index (χ1n) is 6.22. The molecule has 2 rings (SSSR count). The molecule has 0 atom stereocenters. The summed E-state index contributed by atoms with van der Waals surface area (Å²) in [7, 11) is 0. The number of benzene rings is 1. The van der Waals surface area contributed by atoms with Crippen molar-refractivity contribution >= 4 is 11.6 Å². The van der Waals surface area contributed by atoms with Crippen LogP contribution in [-0.2, 0) is 6.42 Å². The third-order valence-corrected chi connectivity index (χ3v) is 2.88. The van der Waals surface area contributed by atoms with Crippen LogP contribution in [-0.4, -0.2) is 16.4 Å². The van der Waals surface area contributed by atoms with Crippen LogP contribution in [0.15, 0.2) is 30.3 Å². The molecule has 0 bridgehead atoms. The zero-order chi connectivity index (χ0) is 13.0. The fourth-order valence-corrected chi connectivity index (χ4v) is 2.07. The molecule has 4 heteroatoms. The number of aryl methyl sites for hydroxylation is 1. The van der Waals surface area contributed by atoms with Crippen LogP contribution in [0.5, 0.6) is 5.75 Å². The van der Waals surface area contributed by atoms with Gasteiger partial charge in [-0.15, -0.1) is 0 Å². The normalized spacial score (nSPS) is 10.6. The summed E-state index contributed by atoms with van der Waals surface area (Å²) in [4.78, 5) is 0. The number of hydrogen-bond acceptors (Lipinski definition) is 2. The van der Waals surface area contributed by atoms with Crippen molar-refractivity contribution in [2.24, 2.45) is 0 Å². The lowest BCUT2D eigenvalue weighted by molar-refractivity contribution is 0.340. The molecule has 18 heavy (non-hydrogen) atoms. The van der Waals surface area contributed by atoms with Crippen LogP contribution in [0.4, 0.5) is 0 Å². The minimum Gasteiger partial charge on any atom is -0.494 e. The average Bonchev–Trinajstić information content (AvgIpc) is 2.72. The van der Waals surface area contributed by atoms with Crippen LogP contribution in [0.3, 0.4) is 0 Å². The smallest absolute Gasteiger partial charge is 0.133 e. The zero-order valence-corrected chi connectivity index (χ0v) is 11.4. The second-order valence-corrected chi connectivity index (χ2v) is 4.43. The molecule has 0 saturated carbocycles. The van der Waals surface area contributed by atoms with Gasteiger partial charge in [-0.2, -0.15) is 5.10 Å². The van der Waals surface area contributed by atoms with Crippen molar-refractivity contribution in [3.63, 3.8) is 0 Å². The lowest BCUT2D eigenvalue weighted by atomic mass is 10.3. The molecular formula is C14H17ClN2O. The number of aromatic nitrogens is 2. The van der Waals surface area contributed by atoms with Crippen molar-refractivity contribution in [1.82, 2.24) is 9.78 Å². The second kappa shape index (κ2) is 5.91. The number of ether oxygens (including phenoxy) is 1. The fourth-order valence-electron chi connectivity index (χ4n) is 1.81. The maximum atomic E-state index is 6.19. The third-order valence-electron chi connectivity index (χ3n) is 2.61. The number of nitrogens with zero attached hydrogens (tertiary/aromatic N) is 2. The van der Waals surface area contributed by atoms with Gasteiger partial charge in [0.2, 0.25) is 0 Å². The summed E-state index contributed by atoms with van der Waals surface area (Å²) in [6.07, 6.45) is 2.01. The SMILES string of the molecule is CCCc1cc(Cl)n(-c2ccc(OCC)cc2)n1. The highest BCUT2D eigenvalue weighted by Crippen LogP contribution is 2.20. The molecule has 0 aliphatic heterocycles. The molecule has 0 amide bonds. The molecule has 0 unspecified atom stereocenters. The minimum absolute atomic E-state index is 0.641. The van der Waals surface area contributed by atoms with E-state index < -0.39 is 0 Å². The Morgan fingerprint density at radius 1 is 1.22 bits per heavy atom. The molecule has 0 aliphatic carbocycles. The largest absolute Gasteiger partial charge is 0.494 e. The van der Waals surface area contributed by atoms with E-state index in [2.05, 4.69) is 12.0 Å². The summed E-state index contributed by atoms with van der Waals surface area (Å²) in [6.45, 7) is 4.77. The van der Waals surface area contributed by atoms with Crippen molar-refractivity contribution in [2.75, 3.05) is 6.61 Å². The third kappa shape index (κ3) is 2.85. The Morgan fingerprint density at radius 3 is 2.56 bits per heavy atom. The van der Waals surface area contributed by atoms with Gasteiger partial charge in [0.1, 0.15) is 10.9 Å². The van der Waals surface area contributed by atoms with E-state index >= 15 is 0 Å². The number of rotatable bonds is 5. The van der Waals surface area contributed by atoms with Crippen LogP contribution < -0.4 is 4.74 Å². The molecule has 0 fully saturated rings. The molecule has 96 valence electrons. The van der Waals surface area contributed by atoms with Crippen LogP contribution in [0.25, 0.3) is 5.69 Å². The Morgan fingerprint density at radius 2 is 1.94 bits per heavy atom. The van der Waals surface area contributed by atoms with Crippen molar-refractivity contribution < 1.29 is 4.74 Å². The van der Waals surface area contributed by atoms with Gasteiger partial charge in [-0.05, 0) is 43.7 Å². The summed E-state index contributed by atoms with van der Waals surface area (Å²) >= 11 is 6.19. The van der Waals surface area contributed by atoms with Gasteiger partial charge in [0.15, 0.2) is 0 Å². The highest BCUT2D eigenvalue weighted by atomic mass is 35.5. The minimum atomic E-state index is 0.641. The summed E-state index contributed by atoms with van der Waals surface area (Å²) in [5, 5.41) is 5.13. The first-order chi connectivity index (χ1) is 8.74. The van der Waals surface area contributed by atoms with Crippen LogP contribution in [0.2, 0.25) is 5.15 Å². The van der Waals surface area contributed by atoms with Crippen LogP contribution in [0.1, 0.15) is 26.0 Å². The van der Waals surface area contributed by atoms with Gasteiger partial charge in [0.25, 0.3) is 0 Å². The van der Waals surface area contributed by atoms with E-state index in [1.54, 1.807) is 4.68 Å². The predicted molar refractivity (Wildman–Crippen MR) is 73.7 cm³/mol. The van der Waals surface area contributed by atoms with Gasteiger partial charge in [-0.1, -0.05) is 24.9 Å². The van der Waals surface area contributed by atoms with E-state index in [1.807, 2.05) is 37.3 Å². The molecule has 0 radical (unpaired) electrons. The molecule has 1 aromatic heterocycles. The quantitative estimate of drug-likeness (QED) is 0.820. The van der Waals surface area contributed by atoms with E-state index in [9.17, 15) is 0 Å². The second-order valence-electron chi connectivity index (χ2n) is 4.05. The van der Waals surface area contributed by atoms with Crippen molar-refractivity contribution in [1.29, 1.82) is 0 Å². The molecule has 0 saturated heterocycles. The summed E-state index contributed by atoms with van der Waals surface area (Å²) < 4.78 is 7.16. The fraction of sp³-hybridized carbons (Fsp3) is 0.357. The zero-order valence-electron chi connectivity index (χ0n) is 10.7. The van der Waals surface area contributed by atoms with E-state index in [1.165, 1.54) is 0 Å². The molecule has 0 N–H and O–H groups in total. The van der Waals surface area contributed by atoms with Crippen LogP contribution >= 0.6 is 11.6 Å². The first-order valence-corrected chi connectivity index (χ1v) is 6.60. The first kappa shape index (κ1) is 13.0. The lowest BCUT2D eigenvalue weighted by Crippen LogP contribution is -1.98. The molecule has 1 heterocycles. The molecule has 0 aliphatic rings. The molecule has 3 nitrogen and oxygen atoms in total. The van der Waals surface area contributed by atoms with Crippen LogP contribution in [0, 0.1) is 0 Å². The van der Waals surface area contributed by atoms with Gasteiger partial charge in [-0.25, -0.2) is 4.68 Å². The van der Waals surface area contributed by atoms with E-state index in [0.29, 0.717) is 11.8 Å². The van der Waals surface area contributed by atoms with E-state index in [-0.39, 0.29) is 0 Å². The Hall–Kier alpha value is -1.48. The maximum Gasteiger partial charge on any atom is 0.133 e. The van der Waals surface area contributed by atoms with Gasteiger partial charge in [0.05, 0.1) is 18.0 Å². The van der Waals surface area contributed by atoms with E-state index in [4.69, 9.17) is 16.3 Å². The summed E-state index contributed by atoms with van der Waals surface area (Å²) in [5.74, 6) is 0.860. The molecule has 2 aromatic rings. The maximum absolute atomic E-state index is 6.19. The summed E-state index contributed by atoms with van der Waals surface area (Å²) in [5.41, 5.74) is 1.97. The lowest BCUT2D eigenvalue weighted by Gasteiger charge is -2.05. The molecule has 0 spiro atoms. The van der Waals surface area contributed by atoms with Gasteiger partial charge >= 0.3 is 0 Å². The van der Waals surface area contributed by atoms with Gasteiger partial charge in [0, 0.05) is 0 Å². The Balaban J connectivity index is 2.24. The Labute approximate surface area is 112 Å². The predicted octanol–water partition coefficient (Wildman–Crippen LogP) is 3.88.